The van der Waals surface area contributed by atoms with E-state index in [4.69, 9.17) is 4.52 Å². The van der Waals surface area contributed by atoms with Crippen molar-refractivity contribution in [3.8, 4) is 11.5 Å². The molecular formula is C21H18FN5O2S. The number of rotatable bonds is 7. The minimum atomic E-state index is -0.358. The van der Waals surface area contributed by atoms with Crippen molar-refractivity contribution in [3.63, 3.8) is 0 Å². The summed E-state index contributed by atoms with van der Waals surface area (Å²) < 4.78 is 18.6. The van der Waals surface area contributed by atoms with E-state index in [9.17, 15) is 9.18 Å². The SMILES string of the molecule is Cc1nc(CN(C(=O)CCc2nc(-c3ccccn3)no2)c2ccc(F)cc2)cs1. The molecule has 4 aromatic rings. The van der Waals surface area contributed by atoms with Gasteiger partial charge in [-0.25, -0.2) is 9.37 Å². The predicted octanol–water partition coefficient (Wildman–Crippen LogP) is 4.20. The highest BCUT2D eigenvalue weighted by Gasteiger charge is 2.19. The quantitative estimate of drug-likeness (QED) is 0.443. The van der Waals surface area contributed by atoms with Gasteiger partial charge in [0.15, 0.2) is 0 Å². The summed E-state index contributed by atoms with van der Waals surface area (Å²) in [4.78, 5) is 27.5. The number of thiazole rings is 1. The molecule has 30 heavy (non-hydrogen) atoms. The molecule has 0 aliphatic heterocycles. The largest absolute Gasteiger partial charge is 0.339 e. The third kappa shape index (κ3) is 4.74. The Morgan fingerprint density at radius 1 is 1.17 bits per heavy atom. The van der Waals surface area contributed by atoms with Crippen LogP contribution in [0.25, 0.3) is 11.5 Å². The number of aryl methyl sites for hydroxylation is 2. The first kappa shape index (κ1) is 19.8. The summed E-state index contributed by atoms with van der Waals surface area (Å²) in [5, 5.41) is 6.76. The Morgan fingerprint density at radius 2 is 2.00 bits per heavy atom. The van der Waals surface area contributed by atoms with Gasteiger partial charge in [-0.15, -0.1) is 11.3 Å². The van der Waals surface area contributed by atoms with Crippen molar-refractivity contribution in [1.82, 2.24) is 20.1 Å². The number of halogens is 1. The molecule has 0 atom stereocenters. The lowest BCUT2D eigenvalue weighted by atomic mass is 10.2. The molecule has 0 saturated heterocycles. The van der Waals surface area contributed by atoms with Crippen LogP contribution in [0.4, 0.5) is 10.1 Å². The van der Waals surface area contributed by atoms with Gasteiger partial charge in [0.05, 0.1) is 17.2 Å². The zero-order valence-corrected chi connectivity index (χ0v) is 17.0. The first-order valence-electron chi connectivity index (χ1n) is 9.29. The third-order valence-electron chi connectivity index (χ3n) is 4.34. The van der Waals surface area contributed by atoms with Gasteiger partial charge < -0.3 is 9.42 Å². The third-order valence-corrected chi connectivity index (χ3v) is 5.16. The smallest absolute Gasteiger partial charge is 0.227 e. The number of benzene rings is 1. The molecule has 0 N–H and O–H groups in total. The normalized spacial score (nSPS) is 10.9. The molecular weight excluding hydrogens is 405 g/mol. The number of amides is 1. The van der Waals surface area contributed by atoms with Gasteiger partial charge in [-0.3, -0.25) is 9.78 Å². The van der Waals surface area contributed by atoms with Crippen molar-refractivity contribution >= 4 is 22.9 Å². The van der Waals surface area contributed by atoms with E-state index in [2.05, 4.69) is 20.1 Å². The average molecular weight is 423 g/mol. The zero-order chi connectivity index (χ0) is 20.9. The highest BCUT2D eigenvalue weighted by Crippen LogP contribution is 2.21. The molecule has 7 nitrogen and oxygen atoms in total. The maximum Gasteiger partial charge on any atom is 0.227 e. The Kier molecular flexibility index (Phi) is 5.89. The second kappa shape index (κ2) is 8.91. The van der Waals surface area contributed by atoms with Gasteiger partial charge in [-0.1, -0.05) is 11.2 Å². The van der Waals surface area contributed by atoms with E-state index in [1.807, 2.05) is 18.4 Å². The molecule has 152 valence electrons. The number of anilines is 1. The fraction of sp³-hybridized carbons (Fsp3) is 0.190. The molecule has 0 bridgehead atoms. The molecule has 3 aromatic heterocycles. The molecule has 1 amide bonds. The summed E-state index contributed by atoms with van der Waals surface area (Å²) in [5.41, 5.74) is 1.99. The van der Waals surface area contributed by atoms with Crippen molar-refractivity contribution in [2.45, 2.75) is 26.3 Å². The molecule has 9 heteroatoms. The van der Waals surface area contributed by atoms with E-state index in [0.29, 0.717) is 29.6 Å². The van der Waals surface area contributed by atoms with Crippen molar-refractivity contribution in [2.75, 3.05) is 4.90 Å². The highest BCUT2D eigenvalue weighted by atomic mass is 32.1. The van der Waals surface area contributed by atoms with Gasteiger partial charge in [-0.05, 0) is 43.3 Å². The Labute approximate surface area is 176 Å². The Bertz CT molecular complexity index is 1130. The van der Waals surface area contributed by atoms with Crippen molar-refractivity contribution < 1.29 is 13.7 Å². The van der Waals surface area contributed by atoms with Gasteiger partial charge >= 0.3 is 0 Å². The summed E-state index contributed by atoms with van der Waals surface area (Å²) in [6.07, 6.45) is 2.09. The van der Waals surface area contributed by atoms with Crippen LogP contribution in [0.5, 0.6) is 0 Å². The van der Waals surface area contributed by atoms with Gasteiger partial charge in [0.25, 0.3) is 0 Å². The number of pyridine rings is 1. The molecule has 3 heterocycles. The van der Waals surface area contributed by atoms with E-state index in [1.165, 1.54) is 23.5 Å². The fourth-order valence-electron chi connectivity index (χ4n) is 2.89. The molecule has 0 radical (unpaired) electrons. The lowest BCUT2D eigenvalue weighted by Gasteiger charge is -2.22. The summed E-state index contributed by atoms with van der Waals surface area (Å²) in [6, 6.07) is 11.3. The number of hydrogen-bond donors (Lipinski definition) is 0. The van der Waals surface area contributed by atoms with Crippen LogP contribution in [0.3, 0.4) is 0 Å². The molecule has 0 spiro atoms. The summed E-state index contributed by atoms with van der Waals surface area (Å²) in [6.45, 7) is 2.21. The van der Waals surface area contributed by atoms with E-state index < -0.39 is 0 Å². The van der Waals surface area contributed by atoms with Gasteiger partial charge in [0, 0.05) is 30.1 Å². The maximum absolute atomic E-state index is 13.3. The average Bonchev–Trinajstić information content (AvgIpc) is 3.41. The van der Waals surface area contributed by atoms with Gasteiger partial charge in [0.1, 0.15) is 11.5 Å². The molecule has 0 unspecified atom stereocenters. The molecule has 0 saturated carbocycles. The Morgan fingerprint density at radius 3 is 2.70 bits per heavy atom. The number of hydrogen-bond acceptors (Lipinski definition) is 7. The van der Waals surface area contributed by atoms with Crippen LogP contribution in [0.15, 0.2) is 58.6 Å². The van der Waals surface area contributed by atoms with Crippen molar-refractivity contribution in [2.24, 2.45) is 0 Å². The molecule has 0 aliphatic carbocycles. The lowest BCUT2D eigenvalue weighted by molar-refractivity contribution is -0.118. The molecule has 0 aliphatic rings. The van der Waals surface area contributed by atoms with Crippen LogP contribution in [0.2, 0.25) is 0 Å². The molecule has 1 aromatic carbocycles. The lowest BCUT2D eigenvalue weighted by Crippen LogP contribution is -2.30. The van der Waals surface area contributed by atoms with Crippen LogP contribution in [-0.2, 0) is 17.8 Å². The Hall–Kier alpha value is -3.46. The van der Waals surface area contributed by atoms with Crippen molar-refractivity contribution in [1.29, 1.82) is 0 Å². The molecule has 4 rings (SSSR count). The summed E-state index contributed by atoms with van der Waals surface area (Å²) in [7, 11) is 0. The van der Waals surface area contributed by atoms with Crippen LogP contribution in [0, 0.1) is 12.7 Å². The van der Waals surface area contributed by atoms with E-state index in [0.717, 1.165) is 10.7 Å². The second-order valence-electron chi connectivity index (χ2n) is 6.54. The van der Waals surface area contributed by atoms with E-state index in [-0.39, 0.29) is 24.6 Å². The van der Waals surface area contributed by atoms with E-state index in [1.54, 1.807) is 35.4 Å². The van der Waals surface area contributed by atoms with E-state index >= 15 is 0 Å². The summed E-state index contributed by atoms with van der Waals surface area (Å²) in [5.74, 6) is 0.229. The van der Waals surface area contributed by atoms with Crippen LogP contribution in [-0.4, -0.2) is 26.0 Å². The monoisotopic (exact) mass is 423 g/mol. The minimum Gasteiger partial charge on any atom is -0.339 e. The number of aromatic nitrogens is 4. The predicted molar refractivity (Wildman–Crippen MR) is 110 cm³/mol. The number of carbonyl (C=O) groups excluding carboxylic acids is 1. The topological polar surface area (TPSA) is 85.0 Å². The van der Waals surface area contributed by atoms with Crippen molar-refractivity contribution in [3.05, 3.63) is 76.5 Å². The van der Waals surface area contributed by atoms with Crippen LogP contribution < -0.4 is 4.90 Å². The van der Waals surface area contributed by atoms with Gasteiger partial charge in [-0.2, -0.15) is 4.98 Å². The summed E-state index contributed by atoms with van der Waals surface area (Å²) >= 11 is 1.52. The fourth-order valence-corrected chi connectivity index (χ4v) is 3.50. The Balaban J connectivity index is 1.47. The van der Waals surface area contributed by atoms with Crippen LogP contribution >= 0.6 is 11.3 Å². The molecule has 0 fully saturated rings. The first-order chi connectivity index (χ1) is 14.6. The minimum absolute atomic E-state index is 0.148. The first-order valence-corrected chi connectivity index (χ1v) is 10.2. The highest BCUT2D eigenvalue weighted by molar-refractivity contribution is 7.09. The maximum atomic E-state index is 13.3. The zero-order valence-electron chi connectivity index (χ0n) is 16.2. The second-order valence-corrected chi connectivity index (χ2v) is 7.60. The van der Waals surface area contributed by atoms with Gasteiger partial charge in [0.2, 0.25) is 17.6 Å². The number of carbonyl (C=O) groups is 1. The van der Waals surface area contributed by atoms with Crippen LogP contribution in [0.1, 0.15) is 23.0 Å². The number of nitrogens with zero attached hydrogens (tertiary/aromatic N) is 5. The standard InChI is InChI=1S/C21H18FN5O2S/c1-14-24-16(13-30-14)12-27(17-7-5-15(22)6-8-17)20(28)10-9-19-25-21(26-29-19)18-4-2-3-11-23-18/h2-8,11,13H,9-10,12H2,1H3.